The Labute approximate surface area is 99.0 Å². The highest BCUT2D eigenvalue weighted by Crippen LogP contribution is 2.20. The van der Waals surface area contributed by atoms with Crippen molar-refractivity contribution < 1.29 is 0 Å². The van der Waals surface area contributed by atoms with Gasteiger partial charge < -0.3 is 5.32 Å². The number of rotatable bonds is 5. The van der Waals surface area contributed by atoms with Crippen LogP contribution in [0.5, 0.6) is 0 Å². The van der Waals surface area contributed by atoms with Gasteiger partial charge in [-0.2, -0.15) is 0 Å². The molecule has 1 heterocycles. The third kappa shape index (κ3) is 4.11. The van der Waals surface area contributed by atoms with E-state index in [1.807, 2.05) is 0 Å². The summed E-state index contributed by atoms with van der Waals surface area (Å²) in [5.74, 6) is 1.51. The highest BCUT2D eigenvalue weighted by atomic mass is 79.9. The van der Waals surface area contributed by atoms with Crippen molar-refractivity contribution in [2.75, 3.05) is 6.54 Å². The first kappa shape index (κ1) is 12.2. The molecule has 0 aliphatic heterocycles. The van der Waals surface area contributed by atoms with Crippen LogP contribution in [0, 0.1) is 11.8 Å². The molecule has 0 spiro atoms. The Morgan fingerprint density at radius 3 is 2.64 bits per heavy atom. The van der Waals surface area contributed by atoms with E-state index in [1.165, 1.54) is 9.35 Å². The molecule has 80 valence electrons. The van der Waals surface area contributed by atoms with E-state index in [0.717, 1.165) is 24.9 Å². The van der Waals surface area contributed by atoms with Crippen molar-refractivity contribution in [3.63, 3.8) is 0 Å². The number of nitrogens with one attached hydrogen (secondary N) is 1. The monoisotopic (exact) mass is 275 g/mol. The minimum absolute atomic E-state index is 0.747. The van der Waals surface area contributed by atoms with Crippen LogP contribution in [0.15, 0.2) is 15.2 Å². The Kier molecular flexibility index (Phi) is 5.13. The molecule has 1 atom stereocenters. The summed E-state index contributed by atoms with van der Waals surface area (Å²) in [6.45, 7) is 8.92. The lowest BCUT2D eigenvalue weighted by atomic mass is 9.98. The Morgan fingerprint density at radius 1 is 1.43 bits per heavy atom. The molecule has 0 aliphatic carbocycles. The molecule has 0 saturated carbocycles. The van der Waals surface area contributed by atoms with Crippen LogP contribution in [0.25, 0.3) is 0 Å². The highest BCUT2D eigenvalue weighted by molar-refractivity contribution is 9.11. The van der Waals surface area contributed by atoms with E-state index < -0.39 is 0 Å². The van der Waals surface area contributed by atoms with Crippen LogP contribution >= 0.6 is 27.3 Å². The molecular formula is C11H18BrNS. The molecule has 1 rings (SSSR count). The minimum Gasteiger partial charge on any atom is -0.312 e. The summed E-state index contributed by atoms with van der Waals surface area (Å²) in [6.07, 6.45) is 0. The van der Waals surface area contributed by atoms with Crippen LogP contribution in [-0.2, 0) is 6.54 Å². The quantitative estimate of drug-likeness (QED) is 0.860. The molecule has 0 radical (unpaired) electrons. The van der Waals surface area contributed by atoms with Crippen molar-refractivity contribution >= 4 is 27.3 Å². The maximum Gasteiger partial charge on any atom is 0.0701 e. The summed E-state index contributed by atoms with van der Waals surface area (Å²) in [4.78, 5) is 0. The molecule has 1 N–H and O–H groups in total. The van der Waals surface area contributed by atoms with Gasteiger partial charge in [0.15, 0.2) is 0 Å². The standard InChI is InChI=1S/C11H18BrNS/c1-8(2)9(3)5-13-6-10-4-11(12)14-7-10/h4,7-9,13H,5-6H2,1-3H3. The van der Waals surface area contributed by atoms with Gasteiger partial charge in [0.05, 0.1) is 3.79 Å². The molecule has 0 aromatic carbocycles. The van der Waals surface area contributed by atoms with Crippen LogP contribution in [0.1, 0.15) is 26.3 Å². The maximum atomic E-state index is 3.48. The molecule has 1 aromatic heterocycles. The first-order valence-electron chi connectivity index (χ1n) is 5.03. The molecule has 1 aromatic rings. The molecule has 0 amide bonds. The number of halogens is 1. The molecule has 0 aliphatic rings. The Bertz CT molecular complexity index is 270. The van der Waals surface area contributed by atoms with Gasteiger partial charge in [-0.3, -0.25) is 0 Å². The van der Waals surface area contributed by atoms with Gasteiger partial charge in [0.25, 0.3) is 0 Å². The van der Waals surface area contributed by atoms with Crippen molar-refractivity contribution in [1.82, 2.24) is 5.32 Å². The second kappa shape index (κ2) is 5.89. The zero-order valence-electron chi connectivity index (χ0n) is 9.01. The Balaban J connectivity index is 2.22. The molecular weight excluding hydrogens is 258 g/mol. The Hall–Kier alpha value is 0.140. The van der Waals surface area contributed by atoms with Gasteiger partial charge >= 0.3 is 0 Å². The lowest BCUT2D eigenvalue weighted by Crippen LogP contribution is -2.23. The van der Waals surface area contributed by atoms with Crippen LogP contribution in [0.4, 0.5) is 0 Å². The summed E-state index contributed by atoms with van der Waals surface area (Å²) in [7, 11) is 0. The van der Waals surface area contributed by atoms with Gasteiger partial charge in [-0.25, -0.2) is 0 Å². The van der Waals surface area contributed by atoms with Gasteiger partial charge in [-0.15, -0.1) is 11.3 Å². The third-order valence-electron chi connectivity index (χ3n) is 2.56. The van der Waals surface area contributed by atoms with Crippen LogP contribution < -0.4 is 5.32 Å². The summed E-state index contributed by atoms with van der Waals surface area (Å²) in [5, 5.41) is 5.67. The number of hydrogen-bond donors (Lipinski definition) is 1. The van der Waals surface area contributed by atoms with E-state index in [-0.39, 0.29) is 0 Å². The van der Waals surface area contributed by atoms with E-state index in [9.17, 15) is 0 Å². The van der Waals surface area contributed by atoms with E-state index in [0.29, 0.717) is 0 Å². The zero-order valence-corrected chi connectivity index (χ0v) is 11.4. The lowest BCUT2D eigenvalue weighted by molar-refractivity contribution is 0.392. The van der Waals surface area contributed by atoms with Crippen molar-refractivity contribution in [2.24, 2.45) is 11.8 Å². The maximum absolute atomic E-state index is 3.48. The first-order valence-corrected chi connectivity index (χ1v) is 6.70. The normalized spacial score (nSPS) is 13.5. The second-order valence-electron chi connectivity index (χ2n) is 4.11. The SMILES string of the molecule is CC(C)C(C)CNCc1csc(Br)c1. The largest absolute Gasteiger partial charge is 0.312 e. The van der Waals surface area contributed by atoms with Crippen LogP contribution in [0.3, 0.4) is 0 Å². The Morgan fingerprint density at radius 2 is 2.14 bits per heavy atom. The smallest absolute Gasteiger partial charge is 0.0701 e. The van der Waals surface area contributed by atoms with Gasteiger partial charge in [0.1, 0.15) is 0 Å². The lowest BCUT2D eigenvalue weighted by Gasteiger charge is -2.15. The number of thiophene rings is 1. The fraction of sp³-hybridized carbons (Fsp3) is 0.636. The second-order valence-corrected chi connectivity index (χ2v) is 6.40. The van der Waals surface area contributed by atoms with Crippen molar-refractivity contribution in [3.05, 3.63) is 20.8 Å². The molecule has 1 unspecified atom stereocenters. The predicted octanol–water partition coefficient (Wildman–Crippen LogP) is 3.89. The van der Waals surface area contributed by atoms with Gasteiger partial charge in [0, 0.05) is 6.54 Å². The van der Waals surface area contributed by atoms with Crippen molar-refractivity contribution in [3.8, 4) is 0 Å². The van der Waals surface area contributed by atoms with E-state index in [2.05, 4.69) is 53.5 Å². The molecule has 3 heteroatoms. The molecule has 1 nitrogen and oxygen atoms in total. The molecule has 0 bridgehead atoms. The molecule has 0 fully saturated rings. The average molecular weight is 276 g/mol. The minimum atomic E-state index is 0.747. The third-order valence-corrected chi connectivity index (χ3v) is 4.11. The van der Waals surface area contributed by atoms with Gasteiger partial charge in [-0.1, -0.05) is 20.8 Å². The van der Waals surface area contributed by atoms with Gasteiger partial charge in [0.2, 0.25) is 0 Å². The molecule has 0 saturated heterocycles. The summed E-state index contributed by atoms with van der Waals surface area (Å²) in [5.41, 5.74) is 1.37. The van der Waals surface area contributed by atoms with Gasteiger partial charge in [-0.05, 0) is 51.3 Å². The summed E-state index contributed by atoms with van der Waals surface area (Å²) >= 11 is 5.21. The summed E-state index contributed by atoms with van der Waals surface area (Å²) < 4.78 is 1.21. The molecule has 14 heavy (non-hydrogen) atoms. The predicted molar refractivity (Wildman–Crippen MR) is 67.7 cm³/mol. The van der Waals surface area contributed by atoms with Crippen LogP contribution in [-0.4, -0.2) is 6.54 Å². The first-order chi connectivity index (χ1) is 6.59. The van der Waals surface area contributed by atoms with E-state index >= 15 is 0 Å². The fourth-order valence-electron chi connectivity index (χ4n) is 1.12. The average Bonchev–Trinajstić information content (AvgIpc) is 2.51. The zero-order chi connectivity index (χ0) is 10.6. The van der Waals surface area contributed by atoms with E-state index in [1.54, 1.807) is 11.3 Å². The highest BCUT2D eigenvalue weighted by Gasteiger charge is 2.06. The van der Waals surface area contributed by atoms with Crippen molar-refractivity contribution in [2.45, 2.75) is 27.3 Å². The summed E-state index contributed by atoms with van der Waals surface area (Å²) in [6, 6.07) is 2.18. The topological polar surface area (TPSA) is 12.0 Å². The van der Waals surface area contributed by atoms with E-state index in [4.69, 9.17) is 0 Å². The fourth-order valence-corrected chi connectivity index (χ4v) is 2.33. The van der Waals surface area contributed by atoms with Crippen LogP contribution in [0.2, 0.25) is 0 Å². The number of hydrogen-bond acceptors (Lipinski definition) is 2. The van der Waals surface area contributed by atoms with Crippen molar-refractivity contribution in [1.29, 1.82) is 0 Å².